The topological polar surface area (TPSA) is 92.5 Å². The molecule has 1 aliphatic rings. The third-order valence-electron chi connectivity index (χ3n) is 4.53. The van der Waals surface area contributed by atoms with Crippen LogP contribution in [0.1, 0.15) is 37.7 Å². The highest BCUT2D eigenvalue weighted by atomic mass is 35.5. The molecule has 0 aromatic heterocycles. The lowest BCUT2D eigenvalue weighted by Gasteiger charge is -2.48. The van der Waals surface area contributed by atoms with Crippen LogP contribution in [0.2, 0.25) is 11.3 Å². The Morgan fingerprint density at radius 1 is 1.24 bits per heavy atom. The van der Waals surface area contributed by atoms with Crippen molar-refractivity contribution in [2.24, 2.45) is 17.4 Å². The fourth-order valence-corrected chi connectivity index (χ4v) is 3.26. The van der Waals surface area contributed by atoms with Crippen molar-refractivity contribution in [1.82, 2.24) is 0 Å². The number of rotatable bonds is 7. The Labute approximate surface area is 131 Å². The molecule has 2 rings (SSSR count). The summed E-state index contributed by atoms with van der Waals surface area (Å²) >= 11 is 5.90. The van der Waals surface area contributed by atoms with Gasteiger partial charge in [0.2, 0.25) is 0 Å². The number of hydrogen-bond acceptors (Lipinski definition) is 4. The van der Waals surface area contributed by atoms with E-state index < -0.39 is 7.12 Å². The first-order valence-electron chi connectivity index (χ1n) is 7.57. The molecular weight excluding hydrogens is 286 g/mol. The maximum atomic E-state index is 8.80. The van der Waals surface area contributed by atoms with E-state index in [9.17, 15) is 0 Å². The fraction of sp³-hybridized carbons (Fsp3) is 0.600. The highest BCUT2D eigenvalue weighted by Gasteiger charge is 2.44. The minimum absolute atomic E-state index is 0.143. The summed E-state index contributed by atoms with van der Waals surface area (Å²) in [6.45, 7) is 0. The van der Waals surface area contributed by atoms with Crippen molar-refractivity contribution in [3.8, 4) is 0 Å². The van der Waals surface area contributed by atoms with Gasteiger partial charge in [0.15, 0.2) is 0 Å². The van der Waals surface area contributed by atoms with Crippen molar-refractivity contribution < 1.29 is 10.0 Å². The summed E-state index contributed by atoms with van der Waals surface area (Å²) in [4.78, 5) is 0. The Morgan fingerprint density at radius 3 is 2.43 bits per heavy atom. The summed E-state index contributed by atoms with van der Waals surface area (Å²) in [5.74, 6) is 0.449. The van der Waals surface area contributed by atoms with Gasteiger partial charge in [-0.05, 0) is 49.2 Å². The molecule has 4 nitrogen and oxygen atoms in total. The standard InChI is InChI=1S/C15H24BClN2O2/c17-13-6-4-12(5-7-13)15(19)9-11(10-15)14(18)3-1-2-8-16(20)21/h4-7,11,14,20-21H,1-3,8-10,18-19H2. The van der Waals surface area contributed by atoms with E-state index >= 15 is 0 Å². The smallest absolute Gasteiger partial charge is 0.427 e. The largest absolute Gasteiger partial charge is 0.451 e. The number of nitrogens with two attached hydrogens (primary N) is 2. The van der Waals surface area contributed by atoms with Gasteiger partial charge in [-0.3, -0.25) is 0 Å². The van der Waals surface area contributed by atoms with Crippen LogP contribution in [0.5, 0.6) is 0 Å². The Hall–Kier alpha value is -0.585. The molecule has 0 heterocycles. The van der Waals surface area contributed by atoms with E-state index in [0.29, 0.717) is 12.2 Å². The summed E-state index contributed by atoms with van der Waals surface area (Å²) in [5.41, 5.74) is 13.5. The van der Waals surface area contributed by atoms with Crippen LogP contribution in [0.4, 0.5) is 0 Å². The van der Waals surface area contributed by atoms with Crippen LogP contribution >= 0.6 is 11.6 Å². The third kappa shape index (κ3) is 4.44. The van der Waals surface area contributed by atoms with Crippen molar-refractivity contribution >= 4 is 18.7 Å². The molecule has 1 saturated carbocycles. The van der Waals surface area contributed by atoms with Gasteiger partial charge in [-0.25, -0.2) is 0 Å². The first-order chi connectivity index (χ1) is 9.90. The van der Waals surface area contributed by atoms with Crippen LogP contribution < -0.4 is 11.5 Å². The highest BCUT2D eigenvalue weighted by molar-refractivity contribution is 6.40. The Balaban J connectivity index is 1.75. The van der Waals surface area contributed by atoms with Crippen LogP contribution in [0, 0.1) is 5.92 Å². The predicted octanol–water partition coefficient (Wildman–Crippen LogP) is 1.87. The van der Waals surface area contributed by atoms with E-state index in [2.05, 4.69) is 0 Å². The first-order valence-corrected chi connectivity index (χ1v) is 7.95. The minimum atomic E-state index is -1.20. The van der Waals surface area contributed by atoms with Crippen molar-refractivity contribution in [2.45, 2.75) is 50.0 Å². The number of halogens is 1. The zero-order valence-corrected chi connectivity index (χ0v) is 13.0. The van der Waals surface area contributed by atoms with Gasteiger partial charge in [0.05, 0.1) is 0 Å². The normalized spacial score (nSPS) is 26.2. The van der Waals surface area contributed by atoms with E-state index in [1.165, 1.54) is 0 Å². The molecule has 0 saturated heterocycles. The molecule has 6 N–H and O–H groups in total. The number of benzene rings is 1. The maximum Gasteiger partial charge on any atom is 0.451 e. The minimum Gasteiger partial charge on any atom is -0.427 e. The average molecular weight is 311 g/mol. The van der Waals surface area contributed by atoms with Crippen LogP contribution in [-0.2, 0) is 5.54 Å². The molecule has 0 radical (unpaired) electrons. The highest BCUT2D eigenvalue weighted by Crippen LogP contribution is 2.45. The lowest BCUT2D eigenvalue weighted by atomic mass is 9.62. The predicted molar refractivity (Wildman–Crippen MR) is 86.9 cm³/mol. The monoisotopic (exact) mass is 310 g/mol. The molecule has 0 amide bonds. The van der Waals surface area contributed by atoms with Gasteiger partial charge in [-0.1, -0.05) is 36.6 Å². The number of hydrogen-bond donors (Lipinski definition) is 4. The Morgan fingerprint density at radius 2 is 1.86 bits per heavy atom. The van der Waals surface area contributed by atoms with E-state index in [0.717, 1.165) is 42.7 Å². The molecule has 1 aromatic carbocycles. The van der Waals surface area contributed by atoms with Gasteiger partial charge >= 0.3 is 7.12 Å². The molecule has 1 aliphatic carbocycles. The quantitative estimate of drug-likeness (QED) is 0.457. The van der Waals surface area contributed by atoms with Crippen LogP contribution in [0.15, 0.2) is 24.3 Å². The molecule has 1 fully saturated rings. The lowest BCUT2D eigenvalue weighted by molar-refractivity contribution is 0.117. The van der Waals surface area contributed by atoms with Gasteiger partial charge in [0, 0.05) is 16.6 Å². The molecule has 0 bridgehead atoms. The van der Waals surface area contributed by atoms with Crippen LogP contribution in [0.3, 0.4) is 0 Å². The van der Waals surface area contributed by atoms with Crippen LogP contribution in [-0.4, -0.2) is 23.2 Å². The summed E-state index contributed by atoms with van der Waals surface area (Å²) in [5, 5.41) is 18.3. The van der Waals surface area contributed by atoms with Crippen molar-refractivity contribution in [3.63, 3.8) is 0 Å². The van der Waals surface area contributed by atoms with Crippen molar-refractivity contribution in [1.29, 1.82) is 0 Å². The van der Waals surface area contributed by atoms with E-state index in [1.54, 1.807) is 0 Å². The molecule has 6 heteroatoms. The third-order valence-corrected chi connectivity index (χ3v) is 4.78. The van der Waals surface area contributed by atoms with Gasteiger partial charge in [0.25, 0.3) is 0 Å². The van der Waals surface area contributed by atoms with Gasteiger partial charge in [0.1, 0.15) is 0 Å². The Bertz CT molecular complexity index is 449. The molecule has 0 aliphatic heterocycles. The second-order valence-corrected chi connectivity index (χ2v) is 6.70. The summed E-state index contributed by atoms with van der Waals surface area (Å²) in [6.07, 6.45) is 4.85. The van der Waals surface area contributed by atoms with Crippen molar-refractivity contribution in [2.75, 3.05) is 0 Å². The molecule has 116 valence electrons. The fourth-order valence-electron chi connectivity index (χ4n) is 3.14. The Kier molecular flexibility index (Phi) is 5.69. The zero-order valence-electron chi connectivity index (χ0n) is 12.2. The molecule has 21 heavy (non-hydrogen) atoms. The molecule has 0 spiro atoms. The molecule has 1 unspecified atom stereocenters. The van der Waals surface area contributed by atoms with E-state index in [1.807, 2.05) is 24.3 Å². The summed E-state index contributed by atoms with van der Waals surface area (Å²) < 4.78 is 0. The summed E-state index contributed by atoms with van der Waals surface area (Å²) in [7, 11) is -1.20. The van der Waals surface area contributed by atoms with Crippen LogP contribution in [0.25, 0.3) is 0 Å². The summed E-state index contributed by atoms with van der Waals surface area (Å²) in [6, 6.07) is 7.88. The van der Waals surface area contributed by atoms with E-state index in [4.69, 9.17) is 33.1 Å². The zero-order chi connectivity index (χ0) is 15.5. The molecule has 1 atom stereocenters. The second kappa shape index (κ2) is 7.12. The van der Waals surface area contributed by atoms with Gasteiger partial charge < -0.3 is 21.5 Å². The second-order valence-electron chi connectivity index (χ2n) is 6.26. The van der Waals surface area contributed by atoms with Gasteiger partial charge in [-0.15, -0.1) is 0 Å². The first kappa shape index (κ1) is 16.8. The molecule has 1 aromatic rings. The van der Waals surface area contributed by atoms with E-state index in [-0.39, 0.29) is 11.6 Å². The number of unbranched alkanes of at least 4 members (excludes halogenated alkanes) is 1. The van der Waals surface area contributed by atoms with Crippen molar-refractivity contribution in [3.05, 3.63) is 34.9 Å². The lowest BCUT2D eigenvalue weighted by Crippen LogP contribution is -2.54. The molecular formula is C15H24BClN2O2. The maximum absolute atomic E-state index is 8.80. The van der Waals surface area contributed by atoms with Gasteiger partial charge in [-0.2, -0.15) is 0 Å². The average Bonchev–Trinajstić information content (AvgIpc) is 2.40. The SMILES string of the molecule is NC(CCCCB(O)O)C1CC(N)(c2ccc(Cl)cc2)C1.